The van der Waals surface area contributed by atoms with E-state index in [1.807, 2.05) is 0 Å². The molecular formula is C24H14BrN7O3. The van der Waals surface area contributed by atoms with Crippen molar-refractivity contribution < 1.29 is 14.4 Å². The summed E-state index contributed by atoms with van der Waals surface area (Å²) in [6.07, 6.45) is 0. The Bertz CT molecular complexity index is 1620. The number of aromatic nitrogens is 5. The van der Waals surface area contributed by atoms with Crippen molar-refractivity contribution >= 4 is 55.9 Å². The van der Waals surface area contributed by atoms with Crippen LogP contribution in [0.1, 0.15) is 31.2 Å². The average Bonchev–Trinajstić information content (AvgIpc) is 3.60. The number of anilines is 2. The number of para-hydroxylation sites is 1. The van der Waals surface area contributed by atoms with Gasteiger partial charge in [0.25, 0.3) is 17.7 Å². The van der Waals surface area contributed by atoms with Crippen molar-refractivity contribution in [3.8, 4) is 11.4 Å². The van der Waals surface area contributed by atoms with Crippen LogP contribution in [0.25, 0.3) is 22.3 Å². The number of carbonyl (C=O) groups excluding carboxylic acids is 3. The number of hydrogen-bond acceptors (Lipinski definition) is 6. The van der Waals surface area contributed by atoms with Gasteiger partial charge in [0.15, 0.2) is 5.82 Å². The topological polar surface area (TPSA) is 137 Å². The minimum Gasteiger partial charge on any atom is -0.349 e. The smallest absolute Gasteiger partial charge is 0.272 e. The van der Waals surface area contributed by atoms with E-state index in [9.17, 15) is 14.4 Å². The van der Waals surface area contributed by atoms with Crippen molar-refractivity contribution in [3.63, 3.8) is 0 Å². The Morgan fingerprint density at radius 3 is 2.40 bits per heavy atom. The molecule has 2 aromatic heterocycles. The maximum Gasteiger partial charge on any atom is 0.272 e. The Morgan fingerprint density at radius 2 is 1.69 bits per heavy atom. The lowest BCUT2D eigenvalue weighted by Gasteiger charge is -2.15. The van der Waals surface area contributed by atoms with Crippen LogP contribution in [0.15, 0.2) is 71.2 Å². The first-order valence-electron chi connectivity index (χ1n) is 10.5. The molecule has 0 spiro atoms. The van der Waals surface area contributed by atoms with Gasteiger partial charge in [-0.25, -0.2) is 10.00 Å². The molecule has 0 bridgehead atoms. The van der Waals surface area contributed by atoms with Crippen LogP contribution in [0.2, 0.25) is 0 Å². The number of rotatable bonds is 4. The standard InChI is InChI=1S/C24H14BrN7O3/c25-13-8-9-17(16(11-13)21-28-30-31-29-21)27-22(33)18-10-12-4-3-7-19(20(12)26-18)32-23(34)14-5-1-2-6-15(14)24(32)35/h1-11,26H,(H,27,33)(H,28,29,30,31). The lowest BCUT2D eigenvalue weighted by Crippen LogP contribution is -2.29. The first-order chi connectivity index (χ1) is 17.0. The minimum absolute atomic E-state index is 0.258. The monoisotopic (exact) mass is 527 g/mol. The van der Waals surface area contributed by atoms with Gasteiger partial charge in [-0.15, -0.1) is 5.10 Å². The quantitative estimate of drug-likeness (QED) is 0.300. The number of fused-ring (bicyclic) bond motifs is 2. The maximum absolute atomic E-state index is 13.2. The second kappa shape index (κ2) is 7.99. The van der Waals surface area contributed by atoms with Gasteiger partial charge in [0.2, 0.25) is 0 Å². The Kier molecular flexibility index (Phi) is 4.78. The van der Waals surface area contributed by atoms with Crippen molar-refractivity contribution in [1.82, 2.24) is 25.6 Å². The Hall–Kier alpha value is -4.64. The molecule has 6 rings (SSSR count). The van der Waals surface area contributed by atoms with Gasteiger partial charge in [-0.1, -0.05) is 40.2 Å². The van der Waals surface area contributed by atoms with Gasteiger partial charge in [0.1, 0.15) is 5.69 Å². The van der Waals surface area contributed by atoms with E-state index in [-0.39, 0.29) is 5.69 Å². The number of aromatic amines is 2. The van der Waals surface area contributed by atoms with Gasteiger partial charge < -0.3 is 10.3 Å². The molecule has 170 valence electrons. The van der Waals surface area contributed by atoms with E-state index in [0.717, 1.165) is 9.37 Å². The number of imide groups is 1. The number of nitrogens with one attached hydrogen (secondary N) is 3. The third-order valence-corrected chi connectivity index (χ3v) is 6.24. The van der Waals surface area contributed by atoms with Gasteiger partial charge in [-0.2, -0.15) is 0 Å². The number of tetrazole rings is 1. The fourth-order valence-corrected chi connectivity index (χ4v) is 4.50. The summed E-state index contributed by atoms with van der Waals surface area (Å²) in [5.41, 5.74) is 2.94. The average molecular weight is 528 g/mol. The molecule has 3 aromatic carbocycles. The highest BCUT2D eigenvalue weighted by Crippen LogP contribution is 2.34. The summed E-state index contributed by atoms with van der Waals surface area (Å²) in [7, 11) is 0. The predicted octanol–water partition coefficient (Wildman–Crippen LogP) is 4.16. The Balaban J connectivity index is 1.36. The highest BCUT2D eigenvalue weighted by atomic mass is 79.9. The van der Waals surface area contributed by atoms with E-state index in [1.54, 1.807) is 66.7 Å². The number of carbonyl (C=O) groups is 3. The molecule has 0 radical (unpaired) electrons. The third kappa shape index (κ3) is 3.40. The van der Waals surface area contributed by atoms with Crippen LogP contribution in [0.3, 0.4) is 0 Å². The number of benzene rings is 3. The molecule has 3 amide bonds. The number of nitrogens with zero attached hydrogens (tertiary/aromatic N) is 4. The summed E-state index contributed by atoms with van der Waals surface area (Å²) < 4.78 is 0.790. The fraction of sp³-hybridized carbons (Fsp3) is 0. The van der Waals surface area contributed by atoms with Gasteiger partial charge in [-0.3, -0.25) is 14.4 Å². The Labute approximate surface area is 205 Å². The molecule has 0 unspecified atom stereocenters. The van der Waals surface area contributed by atoms with Crippen LogP contribution in [0, 0.1) is 0 Å². The number of halogens is 1. The summed E-state index contributed by atoms with van der Waals surface area (Å²) in [6, 6.07) is 18.9. The SMILES string of the molecule is O=C(Nc1ccc(Br)cc1-c1nnn[nH]1)c1cc2cccc(N3C(=O)c4ccccc4C3=O)c2[nH]1. The lowest BCUT2D eigenvalue weighted by atomic mass is 10.1. The van der Waals surface area contributed by atoms with Gasteiger partial charge in [0.05, 0.1) is 28.0 Å². The van der Waals surface area contributed by atoms with Crippen LogP contribution < -0.4 is 10.2 Å². The first kappa shape index (κ1) is 20.9. The largest absolute Gasteiger partial charge is 0.349 e. The molecule has 3 N–H and O–H groups in total. The van der Waals surface area contributed by atoms with Crippen LogP contribution >= 0.6 is 15.9 Å². The van der Waals surface area contributed by atoms with E-state index in [0.29, 0.717) is 44.8 Å². The van der Waals surface area contributed by atoms with Crippen molar-refractivity contribution in [3.05, 3.63) is 88.0 Å². The Morgan fingerprint density at radius 1 is 0.914 bits per heavy atom. The zero-order chi connectivity index (χ0) is 24.1. The molecule has 11 heteroatoms. The van der Waals surface area contributed by atoms with E-state index in [2.05, 4.69) is 46.9 Å². The molecule has 0 saturated heterocycles. The highest BCUT2D eigenvalue weighted by Gasteiger charge is 2.37. The highest BCUT2D eigenvalue weighted by molar-refractivity contribution is 9.10. The molecule has 3 heterocycles. The molecule has 0 saturated carbocycles. The van der Waals surface area contributed by atoms with E-state index >= 15 is 0 Å². The second-order valence-corrected chi connectivity index (χ2v) is 8.73. The number of amides is 3. The molecule has 5 aromatic rings. The molecule has 1 aliphatic heterocycles. The zero-order valence-electron chi connectivity index (χ0n) is 17.7. The van der Waals surface area contributed by atoms with E-state index < -0.39 is 17.7 Å². The molecule has 10 nitrogen and oxygen atoms in total. The van der Waals surface area contributed by atoms with Gasteiger partial charge in [0, 0.05) is 15.4 Å². The van der Waals surface area contributed by atoms with Crippen molar-refractivity contribution in [2.75, 3.05) is 10.2 Å². The van der Waals surface area contributed by atoms with Crippen LogP contribution in [0.4, 0.5) is 11.4 Å². The molecule has 1 aliphatic rings. The molecule has 35 heavy (non-hydrogen) atoms. The lowest BCUT2D eigenvalue weighted by molar-refractivity contribution is 0.0925. The van der Waals surface area contributed by atoms with Crippen LogP contribution in [0.5, 0.6) is 0 Å². The fourth-order valence-electron chi connectivity index (χ4n) is 4.14. The first-order valence-corrected chi connectivity index (χ1v) is 11.2. The summed E-state index contributed by atoms with van der Waals surface area (Å²) in [4.78, 5) is 43.4. The molecule has 0 aliphatic carbocycles. The van der Waals surface area contributed by atoms with Crippen molar-refractivity contribution in [1.29, 1.82) is 0 Å². The maximum atomic E-state index is 13.2. The van der Waals surface area contributed by atoms with E-state index in [1.165, 1.54) is 0 Å². The van der Waals surface area contributed by atoms with Gasteiger partial charge in [-0.05, 0) is 52.9 Å². The van der Waals surface area contributed by atoms with Crippen LogP contribution in [-0.4, -0.2) is 43.3 Å². The molecule has 0 atom stereocenters. The summed E-state index contributed by atoms with van der Waals surface area (Å²) >= 11 is 3.42. The molecule has 0 fully saturated rings. The van der Waals surface area contributed by atoms with Crippen molar-refractivity contribution in [2.45, 2.75) is 0 Å². The van der Waals surface area contributed by atoms with Gasteiger partial charge >= 0.3 is 0 Å². The minimum atomic E-state index is -0.412. The summed E-state index contributed by atoms with van der Waals surface area (Å²) in [5, 5.41) is 17.4. The molecular weight excluding hydrogens is 514 g/mol. The summed E-state index contributed by atoms with van der Waals surface area (Å²) in [6.45, 7) is 0. The van der Waals surface area contributed by atoms with E-state index in [4.69, 9.17) is 0 Å². The predicted molar refractivity (Wildman–Crippen MR) is 131 cm³/mol. The number of H-pyrrole nitrogens is 2. The van der Waals surface area contributed by atoms with Crippen molar-refractivity contribution in [2.24, 2.45) is 0 Å². The normalized spacial score (nSPS) is 12.9. The summed E-state index contributed by atoms with van der Waals surface area (Å²) in [5.74, 6) is -0.825. The number of hydrogen-bond donors (Lipinski definition) is 3. The zero-order valence-corrected chi connectivity index (χ0v) is 19.3. The van der Waals surface area contributed by atoms with Crippen LogP contribution in [-0.2, 0) is 0 Å². The second-order valence-electron chi connectivity index (χ2n) is 7.81. The third-order valence-electron chi connectivity index (χ3n) is 5.74.